The monoisotopic (exact) mass is 406 g/mol. The molecule has 0 saturated heterocycles. The molecule has 154 valence electrons. The van der Waals surface area contributed by atoms with Crippen LogP contribution in [0, 0.1) is 0 Å². The van der Waals surface area contributed by atoms with Gasteiger partial charge in [-0.1, -0.05) is 91.0 Å². The highest BCUT2D eigenvalue weighted by Crippen LogP contribution is 2.38. The van der Waals surface area contributed by atoms with E-state index < -0.39 is 30.3 Å². The van der Waals surface area contributed by atoms with Crippen molar-refractivity contribution in [2.45, 2.75) is 18.3 Å². The van der Waals surface area contributed by atoms with Crippen LogP contribution in [0.3, 0.4) is 0 Å². The van der Waals surface area contributed by atoms with Gasteiger partial charge in [0.25, 0.3) is 0 Å². The van der Waals surface area contributed by atoms with Crippen LogP contribution in [-0.4, -0.2) is 34.9 Å². The third kappa shape index (κ3) is 4.74. The van der Waals surface area contributed by atoms with E-state index in [4.69, 9.17) is 9.47 Å². The van der Waals surface area contributed by atoms with Crippen molar-refractivity contribution in [3.05, 3.63) is 108 Å². The Morgan fingerprint density at radius 3 is 1.73 bits per heavy atom. The Morgan fingerprint density at radius 2 is 1.27 bits per heavy atom. The van der Waals surface area contributed by atoms with Crippen LogP contribution < -0.4 is 0 Å². The number of hydrogen-bond acceptors (Lipinski definition) is 5. The van der Waals surface area contributed by atoms with Crippen LogP contribution in [0.1, 0.15) is 16.7 Å². The minimum Gasteiger partial charge on any atom is -0.480 e. The Hall–Kier alpha value is -3.48. The lowest BCUT2D eigenvalue weighted by atomic mass is 9.81. The predicted molar refractivity (Wildman–Crippen MR) is 109 cm³/mol. The number of carboxylic acid groups (broad SMARTS) is 1. The lowest BCUT2D eigenvalue weighted by Crippen LogP contribution is -2.49. The number of rotatable bonds is 9. The molecule has 0 aromatic heterocycles. The van der Waals surface area contributed by atoms with Crippen LogP contribution in [0.4, 0.5) is 0 Å². The van der Waals surface area contributed by atoms with Crippen molar-refractivity contribution in [2.75, 3.05) is 6.61 Å². The zero-order chi connectivity index (χ0) is 21.4. The summed E-state index contributed by atoms with van der Waals surface area (Å²) in [6.07, 6.45) is -1.80. The summed E-state index contributed by atoms with van der Waals surface area (Å²) in [4.78, 5) is 24.1. The van der Waals surface area contributed by atoms with Crippen molar-refractivity contribution in [1.82, 2.24) is 0 Å². The normalized spacial score (nSPS) is 12.2. The quantitative estimate of drug-likeness (QED) is 0.531. The maximum absolute atomic E-state index is 12.9. The second-order valence-electron chi connectivity index (χ2n) is 6.65. The lowest BCUT2D eigenvalue weighted by Gasteiger charge is -2.37. The minimum absolute atomic E-state index is 0.0324. The molecule has 1 atom stereocenters. The first kappa shape index (κ1) is 21.2. The number of aliphatic hydroxyl groups excluding tert-OH is 1. The van der Waals surface area contributed by atoms with E-state index in [0.29, 0.717) is 11.1 Å². The van der Waals surface area contributed by atoms with Gasteiger partial charge in [-0.25, -0.2) is 9.59 Å². The van der Waals surface area contributed by atoms with Gasteiger partial charge in [-0.2, -0.15) is 0 Å². The Labute approximate surface area is 174 Å². The van der Waals surface area contributed by atoms with Crippen molar-refractivity contribution in [2.24, 2.45) is 0 Å². The first-order valence-corrected chi connectivity index (χ1v) is 9.39. The fourth-order valence-corrected chi connectivity index (χ4v) is 3.25. The molecule has 30 heavy (non-hydrogen) atoms. The van der Waals surface area contributed by atoms with E-state index in [2.05, 4.69) is 0 Å². The number of carbonyl (C=O) groups is 2. The average molecular weight is 406 g/mol. The average Bonchev–Trinajstić information content (AvgIpc) is 2.79. The number of aliphatic carboxylic acids is 1. The molecule has 0 heterocycles. The van der Waals surface area contributed by atoms with Gasteiger partial charge in [-0.3, -0.25) is 0 Å². The van der Waals surface area contributed by atoms with Gasteiger partial charge in [0, 0.05) is 0 Å². The third-order valence-corrected chi connectivity index (χ3v) is 4.66. The van der Waals surface area contributed by atoms with Crippen LogP contribution >= 0.6 is 0 Å². The van der Waals surface area contributed by atoms with E-state index in [9.17, 15) is 19.8 Å². The Morgan fingerprint density at radius 1 is 0.800 bits per heavy atom. The molecule has 0 aliphatic heterocycles. The molecule has 0 fully saturated rings. The standard InChI is InChI=1S/C24H22O6/c25-21(26)17-30-24(19-12-6-2-7-13-19,20-14-8-3-9-15-20)22(27)23(28)29-16-18-10-4-1-5-11-18/h1-15,22,27H,16-17H2,(H,25,26)/t22-/m1/s1. The van der Waals surface area contributed by atoms with Gasteiger partial charge >= 0.3 is 11.9 Å². The second kappa shape index (κ2) is 9.82. The van der Waals surface area contributed by atoms with Gasteiger partial charge in [0.2, 0.25) is 0 Å². The number of carboxylic acids is 1. The lowest BCUT2D eigenvalue weighted by molar-refractivity contribution is -0.179. The Kier molecular flexibility index (Phi) is 6.95. The van der Waals surface area contributed by atoms with E-state index in [1.54, 1.807) is 72.8 Å². The highest BCUT2D eigenvalue weighted by molar-refractivity contribution is 5.78. The summed E-state index contributed by atoms with van der Waals surface area (Å²) in [5, 5.41) is 20.4. The van der Waals surface area contributed by atoms with Gasteiger partial charge < -0.3 is 19.7 Å². The highest BCUT2D eigenvalue weighted by atomic mass is 16.6. The molecular weight excluding hydrogens is 384 g/mol. The molecule has 3 aromatic rings. The molecule has 0 bridgehead atoms. The SMILES string of the molecule is O=C(O)COC(c1ccccc1)(c1ccccc1)[C@H](O)C(=O)OCc1ccccc1. The summed E-state index contributed by atoms with van der Waals surface area (Å²) in [7, 11) is 0. The molecule has 3 aromatic carbocycles. The number of esters is 1. The topological polar surface area (TPSA) is 93.1 Å². The molecule has 0 spiro atoms. The van der Waals surface area contributed by atoms with E-state index in [1.165, 1.54) is 0 Å². The summed E-state index contributed by atoms with van der Waals surface area (Å²) in [5.41, 5.74) is -0.132. The number of hydrogen-bond donors (Lipinski definition) is 2. The summed E-state index contributed by atoms with van der Waals surface area (Å²) in [5.74, 6) is -2.15. The van der Waals surface area contributed by atoms with E-state index in [-0.39, 0.29) is 6.61 Å². The van der Waals surface area contributed by atoms with Gasteiger partial charge in [0.1, 0.15) is 13.2 Å². The molecular formula is C24H22O6. The summed E-state index contributed by atoms with van der Waals surface area (Å²) < 4.78 is 11.1. The van der Waals surface area contributed by atoms with Crippen LogP contribution in [0.15, 0.2) is 91.0 Å². The number of carbonyl (C=O) groups excluding carboxylic acids is 1. The molecule has 0 amide bonds. The third-order valence-electron chi connectivity index (χ3n) is 4.66. The summed E-state index contributed by atoms with van der Waals surface area (Å²) >= 11 is 0. The highest BCUT2D eigenvalue weighted by Gasteiger charge is 2.48. The molecule has 0 aliphatic carbocycles. The van der Waals surface area contributed by atoms with E-state index in [1.807, 2.05) is 18.2 Å². The van der Waals surface area contributed by atoms with Crippen LogP contribution in [0.25, 0.3) is 0 Å². The van der Waals surface area contributed by atoms with Crippen LogP contribution in [0.2, 0.25) is 0 Å². The summed E-state index contributed by atoms with van der Waals surface area (Å²) in [6, 6.07) is 26.2. The van der Waals surface area contributed by atoms with Crippen molar-refractivity contribution >= 4 is 11.9 Å². The van der Waals surface area contributed by atoms with Crippen molar-refractivity contribution in [3.63, 3.8) is 0 Å². The maximum atomic E-state index is 12.9. The molecule has 0 unspecified atom stereocenters. The molecule has 6 heteroatoms. The predicted octanol–water partition coefficient (Wildman–Crippen LogP) is 3.14. The van der Waals surface area contributed by atoms with Gasteiger partial charge in [0.15, 0.2) is 11.7 Å². The van der Waals surface area contributed by atoms with Gasteiger partial charge in [-0.05, 0) is 16.7 Å². The molecule has 2 N–H and O–H groups in total. The zero-order valence-corrected chi connectivity index (χ0v) is 16.2. The molecule has 6 nitrogen and oxygen atoms in total. The number of benzene rings is 3. The van der Waals surface area contributed by atoms with Crippen LogP contribution in [-0.2, 0) is 31.3 Å². The fourth-order valence-electron chi connectivity index (χ4n) is 3.25. The minimum atomic E-state index is -1.80. The number of ether oxygens (including phenoxy) is 2. The van der Waals surface area contributed by atoms with E-state index >= 15 is 0 Å². The van der Waals surface area contributed by atoms with Crippen molar-refractivity contribution in [3.8, 4) is 0 Å². The largest absolute Gasteiger partial charge is 0.480 e. The van der Waals surface area contributed by atoms with Crippen molar-refractivity contribution < 1.29 is 29.3 Å². The fraction of sp³-hybridized carbons (Fsp3) is 0.167. The van der Waals surface area contributed by atoms with Gasteiger partial charge in [-0.15, -0.1) is 0 Å². The van der Waals surface area contributed by atoms with Crippen LogP contribution in [0.5, 0.6) is 0 Å². The first-order valence-electron chi connectivity index (χ1n) is 9.39. The Balaban J connectivity index is 2.00. The van der Waals surface area contributed by atoms with Crippen molar-refractivity contribution in [1.29, 1.82) is 0 Å². The second-order valence-corrected chi connectivity index (χ2v) is 6.65. The molecule has 3 rings (SSSR count). The molecule has 0 aliphatic rings. The zero-order valence-electron chi connectivity index (χ0n) is 16.2. The molecule has 0 radical (unpaired) electrons. The Bertz CT molecular complexity index is 917. The van der Waals surface area contributed by atoms with Gasteiger partial charge in [0.05, 0.1) is 0 Å². The maximum Gasteiger partial charge on any atom is 0.339 e. The first-order chi connectivity index (χ1) is 14.5. The number of aliphatic hydroxyl groups is 1. The molecule has 0 saturated carbocycles. The summed E-state index contributed by atoms with van der Waals surface area (Å²) in [6.45, 7) is -0.748. The van der Waals surface area contributed by atoms with E-state index in [0.717, 1.165) is 5.56 Å². The smallest absolute Gasteiger partial charge is 0.339 e.